The minimum absolute atomic E-state index is 0.276. The van der Waals surface area contributed by atoms with Gasteiger partial charge in [0, 0.05) is 0 Å². The van der Waals surface area contributed by atoms with Crippen molar-refractivity contribution in [2.24, 2.45) is 17.6 Å². The van der Waals surface area contributed by atoms with Crippen molar-refractivity contribution in [1.29, 1.82) is 0 Å². The highest BCUT2D eigenvalue weighted by atomic mass is 28.4. The molecule has 6 heteroatoms. The summed E-state index contributed by atoms with van der Waals surface area (Å²) in [5, 5.41) is 2.76. The largest absolute Gasteiger partial charge is 0.518 e. The number of nitrogens with two attached hydrogens (primary N) is 1. The fraction of sp³-hybridized carbons (Fsp3) is 0.867. The summed E-state index contributed by atoms with van der Waals surface area (Å²) in [5.74, 6) is 0.00359. The summed E-state index contributed by atoms with van der Waals surface area (Å²) in [6.07, 6.45) is 1.16. The third-order valence-electron chi connectivity index (χ3n) is 2.78. The molecule has 0 radical (unpaired) electrons. The van der Waals surface area contributed by atoms with Crippen LogP contribution < -0.4 is 11.1 Å². The number of carbonyl (C=O) groups is 2. The number of hydrogen-bond acceptors (Lipinski definition) is 4. The van der Waals surface area contributed by atoms with Crippen LogP contribution in [0.1, 0.15) is 40.5 Å². The van der Waals surface area contributed by atoms with E-state index in [0.717, 1.165) is 0 Å². The third-order valence-corrected chi connectivity index (χ3v) is 3.59. The monoisotopic (exact) mass is 316 g/mol. The van der Waals surface area contributed by atoms with Crippen LogP contribution in [0.4, 0.5) is 0 Å². The smallest absolute Gasteiger partial charge is 0.315 e. The van der Waals surface area contributed by atoms with Crippen LogP contribution in [0, 0.1) is 11.8 Å². The lowest BCUT2D eigenvalue weighted by atomic mass is 10.0. The Morgan fingerprint density at radius 3 is 1.90 bits per heavy atom. The first-order valence-corrected chi connectivity index (χ1v) is 11.1. The van der Waals surface area contributed by atoms with E-state index in [1.54, 1.807) is 0 Å². The molecule has 3 N–H and O–H groups in total. The Hall–Kier alpha value is -0.883. The Bertz CT molecular complexity index is 351. The average molecular weight is 317 g/mol. The zero-order valence-corrected chi connectivity index (χ0v) is 15.5. The van der Waals surface area contributed by atoms with Crippen molar-refractivity contribution in [3.63, 3.8) is 0 Å². The molecule has 0 aromatic rings. The highest BCUT2D eigenvalue weighted by molar-refractivity contribution is 6.71. The van der Waals surface area contributed by atoms with Crippen molar-refractivity contribution in [3.05, 3.63) is 0 Å². The molecule has 2 atom stereocenters. The van der Waals surface area contributed by atoms with Crippen molar-refractivity contribution in [3.8, 4) is 0 Å². The summed E-state index contributed by atoms with van der Waals surface area (Å²) in [5.41, 5.74) is 5.87. The van der Waals surface area contributed by atoms with Gasteiger partial charge in [-0.3, -0.25) is 9.59 Å². The van der Waals surface area contributed by atoms with E-state index in [9.17, 15) is 9.59 Å². The second kappa shape index (κ2) is 8.53. The maximum absolute atomic E-state index is 12.2. The predicted molar refractivity (Wildman–Crippen MR) is 88.3 cm³/mol. The summed E-state index contributed by atoms with van der Waals surface area (Å²) < 4.78 is 5.51. The quantitative estimate of drug-likeness (QED) is 0.673. The molecule has 0 spiro atoms. The molecule has 124 valence electrons. The SMILES string of the molecule is CC(C)CC(N)C(=O)NC(CC(C)C)C(=O)O[Si](C)(C)C. The van der Waals surface area contributed by atoms with E-state index in [4.69, 9.17) is 10.2 Å². The van der Waals surface area contributed by atoms with Crippen LogP contribution in [0.15, 0.2) is 0 Å². The molecule has 0 fully saturated rings. The molecule has 0 bridgehead atoms. The molecule has 0 aliphatic heterocycles. The Balaban J connectivity index is 4.76. The van der Waals surface area contributed by atoms with Gasteiger partial charge in [-0.05, 0) is 44.3 Å². The van der Waals surface area contributed by atoms with E-state index < -0.39 is 20.4 Å². The molecule has 0 rings (SSSR count). The molecular weight excluding hydrogens is 284 g/mol. The Morgan fingerprint density at radius 2 is 1.52 bits per heavy atom. The van der Waals surface area contributed by atoms with Crippen LogP contribution in [0.2, 0.25) is 19.6 Å². The van der Waals surface area contributed by atoms with Crippen LogP contribution in [0.25, 0.3) is 0 Å². The summed E-state index contributed by atoms with van der Waals surface area (Å²) in [4.78, 5) is 24.3. The first kappa shape index (κ1) is 20.1. The number of rotatable bonds is 8. The van der Waals surface area contributed by atoms with Gasteiger partial charge < -0.3 is 15.5 Å². The minimum Gasteiger partial charge on any atom is -0.518 e. The van der Waals surface area contributed by atoms with E-state index in [1.807, 2.05) is 47.3 Å². The molecular formula is C15H32N2O3Si. The van der Waals surface area contributed by atoms with Gasteiger partial charge in [0.15, 0.2) is 0 Å². The van der Waals surface area contributed by atoms with Gasteiger partial charge in [0.1, 0.15) is 6.04 Å². The summed E-state index contributed by atoms with van der Waals surface area (Å²) in [6, 6.07) is -1.19. The molecule has 0 saturated carbocycles. The van der Waals surface area contributed by atoms with Gasteiger partial charge in [0.25, 0.3) is 0 Å². The standard InChI is InChI=1S/C15H32N2O3Si/c1-10(2)8-12(16)14(18)17-13(9-11(3)4)15(19)20-21(5,6)7/h10-13H,8-9,16H2,1-7H3,(H,17,18). The number of carbonyl (C=O) groups excluding carboxylic acids is 2. The maximum atomic E-state index is 12.2. The second-order valence-corrected chi connectivity index (χ2v) is 11.9. The lowest BCUT2D eigenvalue weighted by molar-refractivity contribution is -0.140. The predicted octanol–water partition coefficient (Wildman–Crippen LogP) is 2.27. The summed E-state index contributed by atoms with van der Waals surface area (Å²) in [7, 11) is -1.97. The van der Waals surface area contributed by atoms with Crippen molar-refractivity contribution in [2.75, 3.05) is 0 Å². The molecule has 0 aliphatic rings. The van der Waals surface area contributed by atoms with Gasteiger partial charge in [0.2, 0.25) is 14.2 Å². The van der Waals surface area contributed by atoms with Crippen LogP contribution in [0.3, 0.4) is 0 Å². The Morgan fingerprint density at radius 1 is 1.05 bits per heavy atom. The molecule has 0 saturated heterocycles. The second-order valence-electron chi connectivity index (χ2n) is 7.46. The third kappa shape index (κ3) is 9.63. The molecule has 1 amide bonds. The van der Waals surface area contributed by atoms with E-state index in [-0.39, 0.29) is 17.8 Å². The normalized spacial score (nSPS) is 15.0. The Kier molecular flexibility index (Phi) is 8.17. The van der Waals surface area contributed by atoms with Gasteiger partial charge in [-0.15, -0.1) is 0 Å². The molecule has 21 heavy (non-hydrogen) atoms. The fourth-order valence-electron chi connectivity index (χ4n) is 1.95. The van der Waals surface area contributed by atoms with Crippen LogP contribution in [0.5, 0.6) is 0 Å². The summed E-state index contributed by atoms with van der Waals surface area (Å²) >= 11 is 0. The molecule has 0 aromatic carbocycles. The van der Waals surface area contributed by atoms with Gasteiger partial charge in [0.05, 0.1) is 6.04 Å². The van der Waals surface area contributed by atoms with E-state index >= 15 is 0 Å². The van der Waals surface area contributed by atoms with E-state index in [2.05, 4.69) is 5.32 Å². The van der Waals surface area contributed by atoms with Gasteiger partial charge >= 0.3 is 5.97 Å². The molecule has 2 unspecified atom stereocenters. The van der Waals surface area contributed by atoms with E-state index in [0.29, 0.717) is 18.8 Å². The fourth-order valence-corrected chi connectivity index (χ4v) is 2.70. The first-order chi connectivity index (χ1) is 9.42. The minimum atomic E-state index is -1.97. The van der Waals surface area contributed by atoms with Crippen molar-refractivity contribution in [2.45, 2.75) is 72.3 Å². The zero-order valence-electron chi connectivity index (χ0n) is 14.5. The van der Waals surface area contributed by atoms with E-state index in [1.165, 1.54) is 0 Å². The van der Waals surface area contributed by atoms with Crippen LogP contribution in [-0.2, 0) is 14.0 Å². The highest BCUT2D eigenvalue weighted by Crippen LogP contribution is 2.12. The lowest BCUT2D eigenvalue weighted by Crippen LogP contribution is -2.51. The average Bonchev–Trinajstić information content (AvgIpc) is 2.23. The summed E-state index contributed by atoms with van der Waals surface area (Å²) in [6.45, 7) is 13.9. The van der Waals surface area contributed by atoms with Crippen molar-refractivity contribution >= 4 is 20.2 Å². The van der Waals surface area contributed by atoms with Crippen LogP contribution >= 0.6 is 0 Å². The zero-order chi connectivity index (χ0) is 16.8. The highest BCUT2D eigenvalue weighted by Gasteiger charge is 2.29. The van der Waals surface area contributed by atoms with Gasteiger partial charge in [-0.2, -0.15) is 0 Å². The maximum Gasteiger partial charge on any atom is 0.315 e. The molecule has 5 nitrogen and oxygen atoms in total. The van der Waals surface area contributed by atoms with Crippen LogP contribution in [-0.4, -0.2) is 32.3 Å². The van der Waals surface area contributed by atoms with Gasteiger partial charge in [-0.25, -0.2) is 0 Å². The number of amides is 1. The number of hydrogen-bond donors (Lipinski definition) is 2. The Labute approximate surface area is 130 Å². The molecule has 0 aromatic heterocycles. The number of nitrogens with one attached hydrogen (secondary N) is 1. The lowest BCUT2D eigenvalue weighted by Gasteiger charge is -2.25. The van der Waals surface area contributed by atoms with Gasteiger partial charge in [-0.1, -0.05) is 27.7 Å². The van der Waals surface area contributed by atoms with Crippen molar-refractivity contribution < 1.29 is 14.0 Å². The molecule has 0 heterocycles. The molecule has 0 aliphatic carbocycles. The topological polar surface area (TPSA) is 81.4 Å². The van der Waals surface area contributed by atoms with Crippen molar-refractivity contribution in [1.82, 2.24) is 5.32 Å². The first-order valence-electron chi connectivity index (χ1n) is 7.71.